The van der Waals surface area contributed by atoms with Crippen LogP contribution in [0.4, 0.5) is 5.69 Å². The van der Waals surface area contributed by atoms with Crippen molar-refractivity contribution in [2.24, 2.45) is 0 Å². The summed E-state index contributed by atoms with van der Waals surface area (Å²) in [5.74, 6) is 0.301. The van der Waals surface area contributed by atoms with Crippen LogP contribution >= 0.6 is 12.2 Å². The third-order valence-corrected chi connectivity index (χ3v) is 3.86. The summed E-state index contributed by atoms with van der Waals surface area (Å²) in [6.45, 7) is 3.92. The molecule has 1 amide bonds. The molecule has 1 saturated heterocycles. The molecule has 0 saturated carbocycles. The first-order valence-corrected chi connectivity index (χ1v) is 7.91. The van der Waals surface area contributed by atoms with Gasteiger partial charge in [-0.25, -0.2) is 0 Å². The van der Waals surface area contributed by atoms with Gasteiger partial charge in [0.15, 0.2) is 10.9 Å². The minimum atomic E-state index is 0.0451. The molecule has 6 heteroatoms. The fourth-order valence-corrected chi connectivity index (χ4v) is 2.60. The summed E-state index contributed by atoms with van der Waals surface area (Å²) in [7, 11) is 0. The lowest BCUT2D eigenvalue weighted by Crippen LogP contribution is -2.32. The van der Waals surface area contributed by atoms with Crippen LogP contribution in [0.5, 0.6) is 0 Å². The number of rotatable bonds is 6. The molecule has 0 radical (unpaired) electrons. The van der Waals surface area contributed by atoms with Gasteiger partial charge < -0.3 is 15.5 Å². The molecule has 0 spiro atoms. The van der Waals surface area contributed by atoms with Gasteiger partial charge in [0.25, 0.3) is 0 Å². The number of carbonyl (C=O) groups excluding carboxylic acids is 2. The second kappa shape index (κ2) is 7.89. The summed E-state index contributed by atoms with van der Waals surface area (Å²) in [5.41, 5.74) is 1.52. The van der Waals surface area contributed by atoms with Crippen molar-refractivity contribution in [3.63, 3.8) is 0 Å². The minimum absolute atomic E-state index is 0.0451. The predicted molar refractivity (Wildman–Crippen MR) is 91.1 cm³/mol. The fourth-order valence-electron chi connectivity index (χ4n) is 2.38. The Morgan fingerprint density at radius 3 is 2.64 bits per heavy atom. The molecule has 1 aliphatic rings. The highest BCUT2D eigenvalue weighted by Crippen LogP contribution is 2.10. The second-order valence-corrected chi connectivity index (χ2v) is 5.76. The van der Waals surface area contributed by atoms with Gasteiger partial charge >= 0.3 is 0 Å². The maximum atomic E-state index is 11.5. The SMILES string of the molecule is CC(=O)c1ccc(NC(=S)NCCCN2CCCC2=O)cc1. The molecule has 1 aromatic carbocycles. The van der Waals surface area contributed by atoms with E-state index < -0.39 is 0 Å². The monoisotopic (exact) mass is 319 g/mol. The molecule has 2 rings (SSSR count). The van der Waals surface area contributed by atoms with Crippen molar-refractivity contribution in [3.05, 3.63) is 29.8 Å². The van der Waals surface area contributed by atoms with E-state index in [9.17, 15) is 9.59 Å². The normalized spacial score (nSPS) is 14.0. The van der Waals surface area contributed by atoms with E-state index in [2.05, 4.69) is 10.6 Å². The standard InChI is InChI=1S/C16H21N3O2S/c1-12(20)13-5-7-14(8-6-13)18-16(22)17-9-3-11-19-10-2-4-15(19)21/h5-8H,2-4,9-11H2,1H3,(H2,17,18,22). The van der Waals surface area contributed by atoms with Gasteiger partial charge in [0.05, 0.1) is 0 Å². The van der Waals surface area contributed by atoms with Gasteiger partial charge in [-0.3, -0.25) is 9.59 Å². The van der Waals surface area contributed by atoms with E-state index in [0.717, 1.165) is 38.2 Å². The lowest BCUT2D eigenvalue weighted by molar-refractivity contribution is -0.127. The van der Waals surface area contributed by atoms with E-state index in [4.69, 9.17) is 12.2 Å². The first kappa shape index (κ1) is 16.4. The molecule has 1 fully saturated rings. The summed E-state index contributed by atoms with van der Waals surface area (Å²) in [6, 6.07) is 7.19. The molecule has 1 aromatic rings. The molecular weight excluding hydrogens is 298 g/mol. The third-order valence-electron chi connectivity index (χ3n) is 3.61. The number of anilines is 1. The maximum Gasteiger partial charge on any atom is 0.222 e. The molecule has 0 unspecified atom stereocenters. The Morgan fingerprint density at radius 2 is 2.05 bits per heavy atom. The van der Waals surface area contributed by atoms with E-state index in [1.165, 1.54) is 0 Å². The zero-order valence-electron chi connectivity index (χ0n) is 12.7. The Morgan fingerprint density at radius 1 is 1.32 bits per heavy atom. The number of amides is 1. The van der Waals surface area contributed by atoms with Crippen LogP contribution in [0.15, 0.2) is 24.3 Å². The topological polar surface area (TPSA) is 61.4 Å². The van der Waals surface area contributed by atoms with Crippen molar-refractivity contribution in [2.75, 3.05) is 25.0 Å². The molecule has 118 valence electrons. The van der Waals surface area contributed by atoms with Gasteiger partial charge in [-0.15, -0.1) is 0 Å². The number of benzene rings is 1. The lowest BCUT2D eigenvalue weighted by Gasteiger charge is -2.16. The second-order valence-electron chi connectivity index (χ2n) is 5.35. The van der Waals surface area contributed by atoms with Crippen LogP contribution in [0.25, 0.3) is 0 Å². The van der Waals surface area contributed by atoms with Gasteiger partial charge in [-0.05, 0) is 56.2 Å². The Hall–Kier alpha value is -1.95. The van der Waals surface area contributed by atoms with Crippen molar-refractivity contribution in [1.29, 1.82) is 0 Å². The molecule has 0 aromatic heterocycles. The molecule has 1 heterocycles. The number of likely N-dealkylation sites (tertiary alicyclic amines) is 1. The zero-order chi connectivity index (χ0) is 15.9. The summed E-state index contributed by atoms with van der Waals surface area (Å²) in [5, 5.41) is 6.74. The number of hydrogen-bond acceptors (Lipinski definition) is 3. The number of thiocarbonyl (C=S) groups is 1. The molecule has 0 bridgehead atoms. The van der Waals surface area contributed by atoms with E-state index in [1.807, 2.05) is 17.0 Å². The van der Waals surface area contributed by atoms with Gasteiger partial charge in [0, 0.05) is 37.3 Å². The Kier molecular flexibility index (Phi) is 5.89. The fraction of sp³-hybridized carbons (Fsp3) is 0.438. The Labute approximate surface area is 136 Å². The molecule has 5 nitrogen and oxygen atoms in total. The van der Waals surface area contributed by atoms with E-state index in [0.29, 0.717) is 17.1 Å². The lowest BCUT2D eigenvalue weighted by atomic mass is 10.1. The first-order valence-electron chi connectivity index (χ1n) is 7.50. The Balaban J connectivity index is 1.67. The minimum Gasteiger partial charge on any atom is -0.362 e. The Bertz CT molecular complexity index is 557. The smallest absolute Gasteiger partial charge is 0.222 e. The average molecular weight is 319 g/mol. The number of hydrogen-bond donors (Lipinski definition) is 2. The summed E-state index contributed by atoms with van der Waals surface area (Å²) >= 11 is 5.22. The van der Waals surface area contributed by atoms with Gasteiger partial charge in [0.2, 0.25) is 5.91 Å². The highest BCUT2D eigenvalue weighted by molar-refractivity contribution is 7.80. The van der Waals surface area contributed by atoms with Gasteiger partial charge in [-0.1, -0.05) is 0 Å². The van der Waals surface area contributed by atoms with Crippen LogP contribution in [0.1, 0.15) is 36.5 Å². The van der Waals surface area contributed by atoms with Gasteiger partial charge in [0.1, 0.15) is 0 Å². The largest absolute Gasteiger partial charge is 0.362 e. The molecule has 0 atom stereocenters. The highest BCUT2D eigenvalue weighted by Gasteiger charge is 2.18. The van der Waals surface area contributed by atoms with Crippen molar-refractivity contribution >= 4 is 34.7 Å². The molecular formula is C16H21N3O2S. The number of nitrogens with zero attached hydrogens (tertiary/aromatic N) is 1. The van der Waals surface area contributed by atoms with Crippen LogP contribution in [0.2, 0.25) is 0 Å². The van der Waals surface area contributed by atoms with Crippen molar-refractivity contribution < 1.29 is 9.59 Å². The number of carbonyl (C=O) groups is 2. The highest BCUT2D eigenvalue weighted by atomic mass is 32.1. The van der Waals surface area contributed by atoms with Crippen LogP contribution in [0, 0.1) is 0 Å². The summed E-state index contributed by atoms with van der Waals surface area (Å²) < 4.78 is 0. The summed E-state index contributed by atoms with van der Waals surface area (Å²) in [4.78, 5) is 24.6. The van der Waals surface area contributed by atoms with Crippen molar-refractivity contribution in [2.45, 2.75) is 26.2 Å². The van der Waals surface area contributed by atoms with Crippen molar-refractivity contribution in [3.8, 4) is 0 Å². The average Bonchev–Trinajstić information content (AvgIpc) is 2.89. The molecule has 2 N–H and O–H groups in total. The predicted octanol–water partition coefficient (Wildman–Crippen LogP) is 2.19. The van der Waals surface area contributed by atoms with E-state index >= 15 is 0 Å². The van der Waals surface area contributed by atoms with Gasteiger partial charge in [-0.2, -0.15) is 0 Å². The number of ketones is 1. The van der Waals surface area contributed by atoms with Crippen LogP contribution in [-0.2, 0) is 4.79 Å². The molecule has 22 heavy (non-hydrogen) atoms. The van der Waals surface area contributed by atoms with Crippen LogP contribution in [-0.4, -0.2) is 41.3 Å². The van der Waals surface area contributed by atoms with Crippen molar-refractivity contribution in [1.82, 2.24) is 10.2 Å². The quantitative estimate of drug-likeness (QED) is 0.478. The van der Waals surface area contributed by atoms with E-state index in [-0.39, 0.29) is 11.7 Å². The third kappa shape index (κ3) is 4.80. The van der Waals surface area contributed by atoms with Crippen LogP contribution < -0.4 is 10.6 Å². The van der Waals surface area contributed by atoms with Crippen LogP contribution in [0.3, 0.4) is 0 Å². The van der Waals surface area contributed by atoms with E-state index in [1.54, 1.807) is 19.1 Å². The number of Topliss-reactive ketones (excluding diaryl/α,β-unsaturated/α-hetero) is 1. The zero-order valence-corrected chi connectivity index (χ0v) is 13.5. The molecule has 1 aliphatic heterocycles. The first-order chi connectivity index (χ1) is 10.6. The molecule has 0 aliphatic carbocycles. The maximum absolute atomic E-state index is 11.5. The number of nitrogens with one attached hydrogen (secondary N) is 2. The summed E-state index contributed by atoms with van der Waals surface area (Å²) in [6.07, 6.45) is 2.53.